The molecule has 33 heavy (non-hydrogen) atoms. The Bertz CT molecular complexity index is 932. The molecule has 4 nitrogen and oxygen atoms in total. The van der Waals surface area contributed by atoms with Crippen LogP contribution in [0.5, 0.6) is 0 Å². The number of esters is 1. The largest absolute Gasteiger partial charge is 0.454 e. The molecule has 2 aromatic carbocycles. The van der Waals surface area contributed by atoms with Gasteiger partial charge in [-0.3, -0.25) is 0 Å². The molecule has 3 atom stereocenters. The summed E-state index contributed by atoms with van der Waals surface area (Å²) in [6, 6.07) is 20.6. The van der Waals surface area contributed by atoms with E-state index in [1.165, 1.54) is 12.0 Å². The van der Waals surface area contributed by atoms with Gasteiger partial charge < -0.3 is 14.3 Å². The van der Waals surface area contributed by atoms with E-state index in [4.69, 9.17) is 4.74 Å². The zero-order valence-electron chi connectivity index (χ0n) is 19.9. The van der Waals surface area contributed by atoms with Crippen LogP contribution in [-0.4, -0.2) is 41.3 Å². The lowest BCUT2D eigenvalue weighted by Crippen LogP contribution is -2.65. The zero-order valence-corrected chi connectivity index (χ0v) is 19.9. The molecule has 2 bridgehead atoms. The van der Waals surface area contributed by atoms with E-state index in [0.717, 1.165) is 62.6 Å². The van der Waals surface area contributed by atoms with Gasteiger partial charge in [0.15, 0.2) is 11.7 Å². The molecule has 3 aliphatic heterocycles. The van der Waals surface area contributed by atoms with Crippen molar-refractivity contribution < 1.29 is 19.1 Å². The standard InChI is InChI=1S/C29H38NO3/c1-22(23-11-5-2-6-12-23)30-19-17-24(18-20-30)27(21-30)33-28(31)29(32,25-13-7-3-8-14-25)26-15-9-4-10-16-26/h2-3,5-8,11-14,22,24,26-27,32H,4,9-10,15-21H2,1H3/q+1/t22?,24?,27-,29+,30?/m0/s1. The number of piperidine rings is 3. The monoisotopic (exact) mass is 448 g/mol. The van der Waals surface area contributed by atoms with Gasteiger partial charge in [-0.15, -0.1) is 0 Å². The molecule has 1 N–H and O–H groups in total. The normalized spacial score (nSPS) is 30.4. The summed E-state index contributed by atoms with van der Waals surface area (Å²) in [5, 5.41) is 11.9. The summed E-state index contributed by atoms with van der Waals surface area (Å²) in [7, 11) is 0. The molecular weight excluding hydrogens is 410 g/mol. The van der Waals surface area contributed by atoms with Crippen molar-refractivity contribution in [1.29, 1.82) is 0 Å². The number of fused-ring (bicyclic) bond motifs is 3. The summed E-state index contributed by atoms with van der Waals surface area (Å²) in [6.07, 6.45) is 7.11. The van der Waals surface area contributed by atoms with Gasteiger partial charge in [-0.1, -0.05) is 79.9 Å². The van der Waals surface area contributed by atoms with Gasteiger partial charge in [-0.25, -0.2) is 4.79 Å². The Labute approximate surface area is 198 Å². The number of hydrogen-bond donors (Lipinski definition) is 1. The highest BCUT2D eigenvalue weighted by atomic mass is 16.6. The van der Waals surface area contributed by atoms with Crippen LogP contribution in [0.25, 0.3) is 0 Å². The summed E-state index contributed by atoms with van der Waals surface area (Å²) in [6.45, 7) is 5.45. The van der Waals surface area contributed by atoms with Crippen LogP contribution in [-0.2, 0) is 15.1 Å². The minimum Gasteiger partial charge on any atom is -0.454 e. The van der Waals surface area contributed by atoms with E-state index in [9.17, 15) is 9.90 Å². The first-order valence-electron chi connectivity index (χ1n) is 12.9. The van der Waals surface area contributed by atoms with E-state index in [-0.39, 0.29) is 12.0 Å². The molecule has 1 saturated carbocycles. The van der Waals surface area contributed by atoms with Crippen molar-refractivity contribution >= 4 is 5.97 Å². The summed E-state index contributed by atoms with van der Waals surface area (Å²) in [5.41, 5.74) is 0.486. The van der Waals surface area contributed by atoms with Gasteiger partial charge in [0.25, 0.3) is 0 Å². The lowest BCUT2D eigenvalue weighted by Gasteiger charge is -2.55. The van der Waals surface area contributed by atoms with Crippen LogP contribution in [0.1, 0.15) is 69.0 Å². The van der Waals surface area contributed by atoms with Gasteiger partial charge in [0.2, 0.25) is 0 Å². The molecule has 1 aliphatic carbocycles. The number of hydrogen-bond acceptors (Lipinski definition) is 3. The molecule has 0 amide bonds. The number of carbonyl (C=O) groups is 1. The predicted octanol–water partition coefficient (Wildman–Crippen LogP) is 5.37. The Morgan fingerprint density at radius 3 is 2.18 bits per heavy atom. The Morgan fingerprint density at radius 1 is 0.939 bits per heavy atom. The maximum atomic E-state index is 13.8. The van der Waals surface area contributed by atoms with Gasteiger partial charge in [0.05, 0.1) is 13.1 Å². The second-order valence-electron chi connectivity index (χ2n) is 10.7. The number of quaternary nitrogens is 1. The first kappa shape index (κ1) is 22.6. The number of rotatable bonds is 6. The van der Waals surface area contributed by atoms with Crippen molar-refractivity contribution in [3.8, 4) is 0 Å². The Kier molecular flexibility index (Phi) is 6.32. The molecule has 0 spiro atoms. The maximum Gasteiger partial charge on any atom is 0.343 e. The van der Waals surface area contributed by atoms with Crippen LogP contribution in [0.2, 0.25) is 0 Å². The molecule has 0 aromatic heterocycles. The van der Waals surface area contributed by atoms with Gasteiger partial charge in [-0.2, -0.15) is 0 Å². The third kappa shape index (κ3) is 4.13. The predicted molar refractivity (Wildman–Crippen MR) is 129 cm³/mol. The molecule has 4 aliphatic rings. The van der Waals surface area contributed by atoms with Crippen molar-refractivity contribution in [2.75, 3.05) is 19.6 Å². The van der Waals surface area contributed by atoms with E-state index < -0.39 is 11.6 Å². The molecule has 1 unspecified atom stereocenters. The molecule has 4 heteroatoms. The topological polar surface area (TPSA) is 46.5 Å². The highest BCUT2D eigenvalue weighted by molar-refractivity contribution is 5.81. The Balaban J connectivity index is 1.39. The van der Waals surface area contributed by atoms with Crippen molar-refractivity contribution in [3.05, 3.63) is 71.8 Å². The Morgan fingerprint density at radius 2 is 1.55 bits per heavy atom. The minimum absolute atomic E-state index is 0.0754. The van der Waals surface area contributed by atoms with Gasteiger partial charge in [0, 0.05) is 30.2 Å². The van der Waals surface area contributed by atoms with Crippen LogP contribution in [0, 0.1) is 11.8 Å². The fraction of sp³-hybridized carbons (Fsp3) is 0.552. The van der Waals surface area contributed by atoms with E-state index in [1.807, 2.05) is 30.3 Å². The lowest BCUT2D eigenvalue weighted by molar-refractivity contribution is -0.972. The summed E-state index contributed by atoms with van der Waals surface area (Å²) < 4.78 is 7.28. The molecule has 3 saturated heterocycles. The number of nitrogens with zero attached hydrogens (tertiary/aromatic N) is 1. The third-order valence-corrected chi connectivity index (χ3v) is 9.04. The van der Waals surface area contributed by atoms with Crippen LogP contribution in [0.15, 0.2) is 60.7 Å². The highest BCUT2D eigenvalue weighted by Gasteiger charge is 2.53. The first-order valence-corrected chi connectivity index (χ1v) is 12.9. The number of benzene rings is 2. The quantitative estimate of drug-likeness (QED) is 0.477. The minimum atomic E-state index is -1.55. The van der Waals surface area contributed by atoms with Crippen molar-refractivity contribution in [2.24, 2.45) is 11.8 Å². The van der Waals surface area contributed by atoms with E-state index in [1.54, 1.807) is 0 Å². The van der Waals surface area contributed by atoms with Crippen LogP contribution in [0.3, 0.4) is 0 Å². The average molecular weight is 449 g/mol. The maximum absolute atomic E-state index is 13.8. The van der Waals surface area contributed by atoms with Crippen LogP contribution < -0.4 is 0 Å². The SMILES string of the molecule is CC(c1ccccc1)[N+]12CCC(CC1)[C@@H](OC(=O)[C@@](O)(c1ccccc1)C1CCCCC1)C2. The molecule has 6 rings (SSSR count). The molecule has 0 radical (unpaired) electrons. The zero-order chi connectivity index (χ0) is 22.9. The van der Waals surface area contributed by atoms with Crippen LogP contribution in [0.4, 0.5) is 0 Å². The van der Waals surface area contributed by atoms with Crippen molar-refractivity contribution in [2.45, 2.75) is 69.6 Å². The average Bonchev–Trinajstić information content (AvgIpc) is 2.90. The summed E-state index contributed by atoms with van der Waals surface area (Å²) in [5.74, 6) is -0.0956. The third-order valence-electron chi connectivity index (χ3n) is 9.04. The molecule has 2 aromatic rings. The smallest absolute Gasteiger partial charge is 0.343 e. The Hall–Kier alpha value is -2.17. The van der Waals surface area contributed by atoms with Gasteiger partial charge >= 0.3 is 5.97 Å². The van der Waals surface area contributed by atoms with E-state index in [0.29, 0.717) is 17.5 Å². The molecule has 4 fully saturated rings. The second kappa shape index (κ2) is 9.23. The second-order valence-corrected chi connectivity index (χ2v) is 10.7. The number of aliphatic hydroxyl groups is 1. The van der Waals surface area contributed by atoms with Crippen molar-refractivity contribution in [1.82, 2.24) is 0 Å². The fourth-order valence-corrected chi connectivity index (χ4v) is 6.85. The molecule has 176 valence electrons. The summed E-state index contributed by atoms with van der Waals surface area (Å²) in [4.78, 5) is 13.8. The van der Waals surface area contributed by atoms with Gasteiger partial charge in [0.1, 0.15) is 12.6 Å². The van der Waals surface area contributed by atoms with E-state index >= 15 is 0 Å². The highest BCUT2D eigenvalue weighted by Crippen LogP contribution is 2.45. The fourth-order valence-electron chi connectivity index (χ4n) is 6.85. The first-order chi connectivity index (χ1) is 16.0. The number of ether oxygens (including phenoxy) is 1. The van der Waals surface area contributed by atoms with Crippen molar-refractivity contribution in [3.63, 3.8) is 0 Å². The lowest BCUT2D eigenvalue weighted by atomic mass is 9.73. The summed E-state index contributed by atoms with van der Waals surface area (Å²) >= 11 is 0. The molecular formula is C29H38NO3+. The van der Waals surface area contributed by atoms with E-state index in [2.05, 4.69) is 37.3 Å². The van der Waals surface area contributed by atoms with Crippen LogP contribution >= 0.6 is 0 Å². The number of carbonyl (C=O) groups excluding carboxylic acids is 1. The van der Waals surface area contributed by atoms with Gasteiger partial charge in [-0.05, 0) is 25.3 Å². The molecule has 3 heterocycles.